The number of aromatic nitrogens is 1. The highest BCUT2D eigenvalue weighted by Gasteiger charge is 2.15. The smallest absolute Gasteiger partial charge is 0.242 e. The first-order valence-electron chi connectivity index (χ1n) is 6.85. The maximum atomic E-state index is 12.1. The first-order chi connectivity index (χ1) is 9.45. The molecule has 0 amide bonds. The van der Waals surface area contributed by atoms with E-state index in [4.69, 9.17) is 0 Å². The lowest BCUT2D eigenvalue weighted by Gasteiger charge is -2.06. The highest BCUT2D eigenvalue weighted by Crippen LogP contribution is 2.11. The van der Waals surface area contributed by atoms with E-state index in [2.05, 4.69) is 35.1 Å². The van der Waals surface area contributed by atoms with Crippen molar-refractivity contribution in [3.8, 4) is 0 Å². The molecule has 1 heterocycles. The molecule has 1 aromatic rings. The van der Waals surface area contributed by atoms with Gasteiger partial charge in [0.25, 0.3) is 0 Å². The summed E-state index contributed by atoms with van der Waals surface area (Å²) in [7, 11) is -3.38. The molecule has 20 heavy (non-hydrogen) atoms. The number of thioether (sulfide) groups is 1. The summed E-state index contributed by atoms with van der Waals surface area (Å²) in [5.74, 6) is 1.07. The molecule has 0 aliphatic carbocycles. The lowest BCUT2D eigenvalue weighted by atomic mass is 10.3. The molecule has 1 rings (SSSR count). The zero-order valence-corrected chi connectivity index (χ0v) is 14.0. The Balaban J connectivity index is 2.46. The molecule has 0 radical (unpaired) electrons. The van der Waals surface area contributed by atoms with Gasteiger partial charge in [-0.15, -0.1) is 0 Å². The largest absolute Gasteiger partial charge is 0.363 e. The summed E-state index contributed by atoms with van der Waals surface area (Å²) in [6.45, 7) is 5.24. The number of H-pyrrole nitrogens is 1. The minimum absolute atomic E-state index is 0.308. The predicted octanol–water partition coefficient (Wildman–Crippen LogP) is 1.93. The van der Waals surface area contributed by atoms with Gasteiger partial charge in [-0.25, -0.2) is 13.1 Å². The first kappa shape index (κ1) is 17.6. The van der Waals surface area contributed by atoms with Crippen molar-refractivity contribution < 1.29 is 8.42 Å². The molecule has 0 bridgehead atoms. The highest BCUT2D eigenvalue weighted by atomic mass is 32.2. The second-order valence-corrected chi connectivity index (χ2v) is 7.75. The number of unbranched alkanes of at least 4 members (excludes halogenated alkanes) is 1. The number of hydrogen-bond acceptors (Lipinski definition) is 4. The summed E-state index contributed by atoms with van der Waals surface area (Å²) in [4.78, 5) is 3.30. The molecule has 0 aromatic carbocycles. The maximum absolute atomic E-state index is 12.1. The van der Waals surface area contributed by atoms with Crippen molar-refractivity contribution in [2.75, 3.05) is 18.6 Å². The summed E-state index contributed by atoms with van der Waals surface area (Å²) >= 11 is 1.78. The fraction of sp³-hybridized carbons (Fsp3) is 0.692. The van der Waals surface area contributed by atoms with E-state index in [0.29, 0.717) is 24.0 Å². The van der Waals surface area contributed by atoms with E-state index >= 15 is 0 Å². The molecule has 0 saturated carbocycles. The Morgan fingerprint density at radius 2 is 2.10 bits per heavy atom. The number of hydrogen-bond donors (Lipinski definition) is 3. The van der Waals surface area contributed by atoms with E-state index in [9.17, 15) is 8.42 Å². The summed E-state index contributed by atoms with van der Waals surface area (Å²) in [6, 6.07) is 2.05. The van der Waals surface area contributed by atoms with Crippen LogP contribution in [0.2, 0.25) is 0 Å². The monoisotopic (exact) mass is 319 g/mol. The van der Waals surface area contributed by atoms with Gasteiger partial charge in [-0.3, -0.25) is 0 Å². The molecule has 0 spiro atoms. The van der Waals surface area contributed by atoms with Crippen LogP contribution >= 0.6 is 11.8 Å². The fourth-order valence-corrected chi connectivity index (χ4v) is 3.24. The van der Waals surface area contributed by atoms with Gasteiger partial charge in [0.1, 0.15) is 0 Å². The second-order valence-electron chi connectivity index (χ2n) is 4.99. The van der Waals surface area contributed by atoms with Crippen molar-refractivity contribution in [1.29, 1.82) is 0 Å². The van der Waals surface area contributed by atoms with Crippen molar-refractivity contribution >= 4 is 21.8 Å². The number of nitrogens with one attached hydrogen (secondary N) is 3. The molecule has 0 atom stereocenters. The minimum Gasteiger partial charge on any atom is -0.363 e. The summed E-state index contributed by atoms with van der Waals surface area (Å²) < 4.78 is 26.8. The van der Waals surface area contributed by atoms with Crippen LogP contribution in [0.25, 0.3) is 0 Å². The van der Waals surface area contributed by atoms with Crippen molar-refractivity contribution in [3.63, 3.8) is 0 Å². The third-order valence-electron chi connectivity index (χ3n) is 2.79. The van der Waals surface area contributed by atoms with E-state index < -0.39 is 10.0 Å². The average Bonchev–Trinajstić information content (AvgIpc) is 2.85. The number of rotatable bonds is 10. The predicted molar refractivity (Wildman–Crippen MR) is 85.6 cm³/mol. The van der Waals surface area contributed by atoms with Crippen LogP contribution in [0.15, 0.2) is 17.2 Å². The molecule has 0 fully saturated rings. The first-order valence-corrected chi connectivity index (χ1v) is 9.72. The van der Waals surface area contributed by atoms with Crippen LogP contribution in [0.1, 0.15) is 32.4 Å². The molecule has 0 aliphatic heterocycles. The fourth-order valence-electron chi connectivity index (χ4n) is 1.65. The van der Waals surface area contributed by atoms with Gasteiger partial charge in [0.15, 0.2) is 0 Å². The zero-order chi connectivity index (χ0) is 15.0. The summed E-state index contributed by atoms with van der Waals surface area (Å²) in [5, 5.41) is 3.24. The lowest BCUT2D eigenvalue weighted by molar-refractivity contribution is 0.578. The van der Waals surface area contributed by atoms with Crippen LogP contribution in [0.4, 0.5) is 0 Å². The van der Waals surface area contributed by atoms with Crippen LogP contribution in [0, 0.1) is 0 Å². The molecule has 0 aliphatic rings. The Labute approximate surface area is 126 Å². The maximum Gasteiger partial charge on any atom is 0.242 e. The van der Waals surface area contributed by atoms with E-state index in [1.54, 1.807) is 24.0 Å². The number of aromatic amines is 1. The Kier molecular flexibility index (Phi) is 7.65. The van der Waals surface area contributed by atoms with Crippen molar-refractivity contribution in [3.05, 3.63) is 18.0 Å². The van der Waals surface area contributed by atoms with Crippen molar-refractivity contribution in [1.82, 2.24) is 15.0 Å². The van der Waals surface area contributed by atoms with Gasteiger partial charge in [-0.05, 0) is 30.9 Å². The highest BCUT2D eigenvalue weighted by molar-refractivity contribution is 7.98. The quantitative estimate of drug-likeness (QED) is 0.576. The zero-order valence-electron chi connectivity index (χ0n) is 12.4. The van der Waals surface area contributed by atoms with Crippen LogP contribution in [-0.2, 0) is 16.6 Å². The van der Waals surface area contributed by atoms with Crippen molar-refractivity contribution in [2.24, 2.45) is 0 Å². The van der Waals surface area contributed by atoms with Crippen LogP contribution in [0.3, 0.4) is 0 Å². The molecule has 5 nitrogen and oxygen atoms in total. The molecule has 116 valence electrons. The van der Waals surface area contributed by atoms with E-state index in [0.717, 1.165) is 24.3 Å². The van der Waals surface area contributed by atoms with Gasteiger partial charge in [0.2, 0.25) is 10.0 Å². The van der Waals surface area contributed by atoms with Gasteiger partial charge < -0.3 is 10.3 Å². The average molecular weight is 319 g/mol. The molecular formula is C13H25N3O2S2. The van der Waals surface area contributed by atoms with E-state index in [1.807, 2.05) is 0 Å². The molecule has 3 N–H and O–H groups in total. The van der Waals surface area contributed by atoms with Gasteiger partial charge in [-0.2, -0.15) is 11.8 Å². The standard InChI is InChI=1S/C13H25N3O2S2/c1-11(2)14-9-12-8-13(10-15-12)20(17,18)16-6-4-5-7-19-3/h8,10-11,14-16H,4-7,9H2,1-3H3. The Hall–Kier alpha value is -0.500. The SMILES string of the molecule is CSCCCCNS(=O)(=O)c1c[nH]c(CNC(C)C)c1. The Morgan fingerprint density at radius 3 is 2.75 bits per heavy atom. The topological polar surface area (TPSA) is 74.0 Å². The van der Waals surface area contributed by atoms with Crippen LogP contribution in [0.5, 0.6) is 0 Å². The molecular weight excluding hydrogens is 294 g/mol. The van der Waals surface area contributed by atoms with Gasteiger partial charge in [-0.1, -0.05) is 13.8 Å². The van der Waals surface area contributed by atoms with Crippen molar-refractivity contribution in [2.45, 2.75) is 44.2 Å². The lowest BCUT2D eigenvalue weighted by Crippen LogP contribution is -2.24. The van der Waals surface area contributed by atoms with Gasteiger partial charge in [0.05, 0.1) is 4.90 Å². The van der Waals surface area contributed by atoms with Crippen LogP contribution in [-0.4, -0.2) is 38.0 Å². The summed E-state index contributed by atoms with van der Waals surface area (Å²) in [6.07, 6.45) is 5.49. The Bertz CT molecular complexity index is 484. The third kappa shape index (κ3) is 6.30. The molecule has 0 unspecified atom stereocenters. The van der Waals surface area contributed by atoms with Crippen LogP contribution < -0.4 is 10.0 Å². The molecule has 7 heteroatoms. The number of sulfonamides is 1. The normalized spacial score (nSPS) is 12.2. The van der Waals surface area contributed by atoms with E-state index in [-0.39, 0.29) is 0 Å². The van der Waals surface area contributed by atoms with E-state index in [1.165, 1.54) is 0 Å². The third-order valence-corrected chi connectivity index (χ3v) is 4.93. The van der Waals surface area contributed by atoms with Gasteiger partial charge in [0, 0.05) is 31.0 Å². The molecule has 1 aromatic heterocycles. The second kappa shape index (κ2) is 8.71. The summed E-state index contributed by atoms with van der Waals surface area (Å²) in [5.41, 5.74) is 0.876. The Morgan fingerprint density at radius 1 is 1.35 bits per heavy atom. The van der Waals surface area contributed by atoms with Gasteiger partial charge >= 0.3 is 0 Å². The molecule has 0 saturated heterocycles. The minimum atomic E-state index is -3.38.